The number of nitrogens with zero attached hydrogens (tertiary/aromatic N) is 5. The average Bonchev–Trinajstić information content (AvgIpc) is 0.742. The van der Waals surface area contributed by atoms with E-state index in [1.54, 1.807) is 63.0 Å². The normalized spacial score (nSPS) is 15.5. The van der Waals surface area contributed by atoms with Gasteiger partial charge in [0.25, 0.3) is 0 Å². The van der Waals surface area contributed by atoms with Crippen LogP contribution in [0.2, 0.25) is 0 Å². The standard InChI is InChI=1S/C23H34N.C20H28N.2C19H26N.C18H24N/c1-17-11-9-10-12-20(17)21-13-18(14-22(2,3)4)19(16-24(21)8)15-23(5,6)7;1-14-8-9-18(16(3)10-14)19-11-15(2)17(13-21(19)7)12-20(4,5)6;1-14-9-7-8-10-17(14)18-11-16(12-19(3,4)5)15(2)13-20(18)6;1-14-9-7-8-10-17(14)18-11-15(2)16(13-20(18)6)12-19(3,4)5;1-14-8-6-7-9-16(14)17-12-15(10-11-19(17)5)13-18(2,3)4/h9-13,16H,14-15H2,1-8H3;8-11,13H,12H2,1-7H3;2*7-11,13H,12H2,1-6H3;6-12H,13H2,1-5H3/q5*+1/i14D2,15D2;1D3,12D2;2D3,12D2;12D2;13D2. The third-order valence-electron chi connectivity index (χ3n) is 16.9. The molecule has 0 amide bonds. The van der Waals surface area contributed by atoms with E-state index in [-0.39, 0.29) is 11.1 Å². The molecule has 104 heavy (non-hydrogen) atoms. The van der Waals surface area contributed by atoms with Crippen molar-refractivity contribution >= 4 is 0 Å². The lowest BCUT2D eigenvalue weighted by atomic mass is 9.81. The van der Waals surface area contributed by atoms with Gasteiger partial charge >= 0.3 is 0 Å². The zero-order valence-electron chi connectivity index (χ0n) is 87.1. The Morgan fingerprint density at radius 3 is 0.923 bits per heavy atom. The first-order valence-electron chi connectivity index (χ1n) is 45.6. The maximum absolute atomic E-state index is 8.92. The van der Waals surface area contributed by atoms with Crippen LogP contribution in [0.25, 0.3) is 56.3 Å². The second-order valence-corrected chi connectivity index (χ2v) is 34.4. The summed E-state index contributed by atoms with van der Waals surface area (Å²) in [6.07, 6.45) is -0.320. The molecule has 0 aliphatic heterocycles. The maximum atomic E-state index is 8.92. The number of hydrogen-bond donors (Lipinski definition) is 0. The SMILES string of the molecule is [2H]C([2H])([2H])c1c[n+](C)c(-c2ccccc2C)cc1C([2H])([2H])C(C)(C)C.[2H]C([2H])([2H])c1ccc(-c2cc(C)c(C([2H])([2H])C(C)(C)C)c[n+]2C)c(C)c1.[2H]C([2H])(c1c[n+](C)c(-c2ccccc2C)cc1C)C(C)(C)C.[2H]C([2H])(c1cc(-c2ccccc2C)[n+](C)cc1C([2H])([2H])C(C)(C)C)C(C)(C)C.[2H]C([2H])(c1cc[n+](C)c(-c2ccccc2C)c1)C(C)(C)C. The molecule has 5 heterocycles. The lowest BCUT2D eigenvalue weighted by molar-refractivity contribution is -0.661. The molecule has 0 spiro atoms. The third kappa shape index (κ3) is 26.2. The van der Waals surface area contributed by atoms with Crippen molar-refractivity contribution in [1.82, 2.24) is 0 Å². The molecule has 0 aliphatic carbocycles. The lowest BCUT2D eigenvalue weighted by Gasteiger charge is -2.24. The first-order chi connectivity index (χ1) is 55.1. The number of aryl methyl sites for hydroxylation is 14. The van der Waals surface area contributed by atoms with Gasteiger partial charge in [-0.2, -0.15) is 0 Å². The Hall–Kier alpha value is -8.15. The van der Waals surface area contributed by atoms with Crippen LogP contribution in [0.5, 0.6) is 0 Å². The van der Waals surface area contributed by atoms with Crippen LogP contribution in [-0.4, -0.2) is 0 Å². The Bertz CT molecular complexity index is 5370. The summed E-state index contributed by atoms with van der Waals surface area (Å²) in [6.45, 7) is 43.4. The molecule has 10 aromatic rings. The predicted molar refractivity (Wildman–Crippen MR) is 447 cm³/mol. The van der Waals surface area contributed by atoms with E-state index in [0.717, 1.165) is 89.7 Å². The van der Waals surface area contributed by atoms with Crippen molar-refractivity contribution in [3.8, 4) is 56.3 Å². The van der Waals surface area contributed by atoms with E-state index in [1.165, 1.54) is 16.7 Å². The Morgan fingerprint density at radius 2 is 0.567 bits per heavy atom. The minimum Gasteiger partial charge on any atom is -0.201 e. The highest BCUT2D eigenvalue weighted by Crippen LogP contribution is 2.34. The lowest BCUT2D eigenvalue weighted by Crippen LogP contribution is -2.33. The first kappa shape index (κ1) is 61.0. The summed E-state index contributed by atoms with van der Waals surface area (Å²) >= 11 is 0. The fourth-order valence-corrected chi connectivity index (χ4v) is 12.2. The number of aromatic nitrogens is 5. The van der Waals surface area contributed by atoms with Gasteiger partial charge in [-0.3, -0.25) is 0 Å². The molecule has 0 fully saturated rings. The van der Waals surface area contributed by atoms with E-state index < -0.39 is 84.4 Å². The van der Waals surface area contributed by atoms with Gasteiger partial charge in [0.1, 0.15) is 35.2 Å². The Labute approximate surface area is 659 Å². The summed E-state index contributed by atoms with van der Waals surface area (Å²) in [5, 5.41) is 0. The van der Waals surface area contributed by atoms with E-state index in [1.807, 2.05) is 307 Å². The summed E-state index contributed by atoms with van der Waals surface area (Å²) in [6, 6.07) is 49.1. The van der Waals surface area contributed by atoms with E-state index in [2.05, 4.69) is 44.2 Å². The highest BCUT2D eigenvalue weighted by molar-refractivity contribution is 5.65. The molecule has 554 valence electrons. The predicted octanol–water partition coefficient (Wildman–Crippen LogP) is 23.2. The van der Waals surface area contributed by atoms with Crippen molar-refractivity contribution in [2.24, 2.45) is 67.7 Å². The van der Waals surface area contributed by atoms with Crippen molar-refractivity contribution in [2.45, 2.75) is 225 Å². The van der Waals surface area contributed by atoms with Crippen molar-refractivity contribution in [3.05, 3.63) is 266 Å². The molecule has 0 saturated heterocycles. The van der Waals surface area contributed by atoms with Crippen LogP contribution in [0, 0.1) is 94.7 Å². The summed E-state index contributed by atoms with van der Waals surface area (Å²) in [4.78, 5) is 0. The molecule has 5 nitrogen and oxygen atoms in total. The summed E-state index contributed by atoms with van der Waals surface area (Å²) in [7, 11) is 9.59. The molecule has 0 unspecified atom stereocenters. The molecular weight excluding hydrogens is 1260 g/mol. The smallest absolute Gasteiger partial charge is 0.201 e. The molecule has 0 atom stereocenters. The van der Waals surface area contributed by atoms with Crippen molar-refractivity contribution < 1.29 is 47.5 Å². The largest absolute Gasteiger partial charge is 0.212 e. The van der Waals surface area contributed by atoms with Crippen LogP contribution in [-0.2, 0) is 73.5 Å². The molecule has 0 radical (unpaired) electrons. The van der Waals surface area contributed by atoms with E-state index in [9.17, 15) is 0 Å². The molecular formula is C99H138N5+5. The number of hydrogen-bond acceptors (Lipinski definition) is 0. The number of pyridine rings is 5. The van der Waals surface area contributed by atoms with Gasteiger partial charge < -0.3 is 0 Å². The van der Waals surface area contributed by atoms with Gasteiger partial charge in [0.15, 0.2) is 31.0 Å². The number of benzene rings is 5. The van der Waals surface area contributed by atoms with E-state index in [4.69, 9.17) is 24.7 Å². The molecule has 0 aliphatic rings. The van der Waals surface area contributed by atoms with Crippen molar-refractivity contribution in [3.63, 3.8) is 0 Å². The minimum absolute atomic E-state index is 0.0623. The zero-order valence-corrected chi connectivity index (χ0v) is 69.1. The van der Waals surface area contributed by atoms with Crippen molar-refractivity contribution in [1.29, 1.82) is 0 Å². The molecule has 5 aromatic heterocycles. The van der Waals surface area contributed by atoms with Crippen LogP contribution >= 0.6 is 0 Å². The van der Waals surface area contributed by atoms with Gasteiger partial charge in [0.2, 0.25) is 28.5 Å². The Morgan fingerprint density at radius 1 is 0.260 bits per heavy atom. The van der Waals surface area contributed by atoms with Crippen LogP contribution in [0.4, 0.5) is 0 Å². The van der Waals surface area contributed by atoms with Gasteiger partial charge in [-0.15, -0.1) is 0 Å². The molecule has 5 aromatic carbocycles. The Balaban J connectivity index is 0.000000237. The van der Waals surface area contributed by atoms with Gasteiger partial charge in [0, 0.05) is 111 Å². The van der Waals surface area contributed by atoms with Crippen LogP contribution in [0.15, 0.2) is 183 Å². The third-order valence-corrected chi connectivity index (χ3v) is 16.9. The van der Waals surface area contributed by atoms with Gasteiger partial charge in [0.05, 0.1) is 0 Å². The minimum atomic E-state index is -2.38. The van der Waals surface area contributed by atoms with Gasteiger partial charge in [-0.05, 0) is 219 Å². The second kappa shape index (κ2) is 35.3. The topological polar surface area (TPSA) is 19.4 Å². The first-order valence-corrected chi connectivity index (χ1v) is 36.6. The van der Waals surface area contributed by atoms with Gasteiger partial charge in [-0.1, -0.05) is 215 Å². The summed E-state index contributed by atoms with van der Waals surface area (Å²) < 4.78 is 160. The Kier molecular flexibility index (Phi) is 20.7. The van der Waals surface area contributed by atoms with E-state index in [0.29, 0.717) is 22.3 Å². The van der Waals surface area contributed by atoms with E-state index >= 15 is 0 Å². The average molecular weight is 1420 g/mol. The monoisotopic (exact) mass is 1420 g/mol. The molecule has 0 saturated carbocycles. The fourth-order valence-electron chi connectivity index (χ4n) is 12.2. The molecule has 5 heteroatoms. The summed E-state index contributed by atoms with van der Waals surface area (Å²) in [5.74, 6) is 0. The molecule has 0 N–H and O–H groups in total. The fraction of sp³-hybridized carbons (Fsp3) is 0.444. The quantitative estimate of drug-likeness (QED) is 0.115. The highest BCUT2D eigenvalue weighted by atomic mass is 14.9. The van der Waals surface area contributed by atoms with Crippen LogP contribution in [0.3, 0.4) is 0 Å². The molecule has 0 bridgehead atoms. The summed E-state index contributed by atoms with van der Waals surface area (Å²) in [5.41, 5.74) is 17.5. The highest BCUT2D eigenvalue weighted by Gasteiger charge is 2.27. The zero-order chi connectivity index (χ0) is 93.5. The molecule has 10 rings (SSSR count). The maximum Gasteiger partial charge on any atom is 0.212 e. The van der Waals surface area contributed by atoms with Crippen molar-refractivity contribution in [2.75, 3.05) is 0 Å². The van der Waals surface area contributed by atoms with Crippen LogP contribution < -0.4 is 22.8 Å². The second-order valence-electron chi connectivity index (χ2n) is 34.4. The van der Waals surface area contributed by atoms with Crippen LogP contribution in [0.1, 0.15) is 233 Å². The number of rotatable bonds is 11. The van der Waals surface area contributed by atoms with Gasteiger partial charge in [-0.25, -0.2) is 22.8 Å².